The van der Waals surface area contributed by atoms with Gasteiger partial charge in [0.05, 0.1) is 29.7 Å². The lowest BCUT2D eigenvalue weighted by atomic mass is 10.1. The van der Waals surface area contributed by atoms with E-state index in [9.17, 15) is 4.79 Å². The molecular weight excluding hydrogens is 266 g/mol. The minimum Gasteiger partial charge on any atom is -0.464 e. The first-order valence-corrected chi connectivity index (χ1v) is 6.97. The molecule has 0 fully saturated rings. The molecule has 0 spiro atoms. The Labute approximate surface area is 124 Å². The van der Waals surface area contributed by atoms with E-state index in [4.69, 9.17) is 10.2 Å². The maximum Gasteiger partial charge on any atom is 0.256 e. The van der Waals surface area contributed by atoms with Gasteiger partial charge in [0, 0.05) is 6.04 Å². The van der Waals surface area contributed by atoms with Gasteiger partial charge in [0.2, 0.25) is 0 Å². The third-order valence-corrected chi connectivity index (χ3v) is 3.34. The quantitative estimate of drug-likeness (QED) is 0.938. The van der Waals surface area contributed by atoms with Gasteiger partial charge in [-0.05, 0) is 45.9 Å². The van der Waals surface area contributed by atoms with Gasteiger partial charge in [-0.1, -0.05) is 0 Å². The van der Waals surface area contributed by atoms with Crippen LogP contribution in [0.15, 0.2) is 28.8 Å². The number of nitrogens with zero attached hydrogens (tertiary/aromatic N) is 2. The van der Waals surface area contributed by atoms with Crippen LogP contribution in [0.3, 0.4) is 0 Å². The molecule has 0 saturated heterocycles. The van der Waals surface area contributed by atoms with E-state index in [1.54, 1.807) is 17.2 Å². The standard InChI is InChI=1S/C16H21N3O2/c1-10(2)19(9-14-6-5-11(3)21-14)16(20)15-7-13(17)8-18-12(15)4/h5-8,10H,9,17H2,1-4H3. The number of hydrogen-bond donors (Lipinski definition) is 1. The first-order chi connectivity index (χ1) is 9.88. The second kappa shape index (κ2) is 5.99. The zero-order valence-electron chi connectivity index (χ0n) is 12.9. The van der Waals surface area contributed by atoms with Crippen LogP contribution in [-0.4, -0.2) is 21.8 Å². The second-order valence-electron chi connectivity index (χ2n) is 5.44. The third-order valence-electron chi connectivity index (χ3n) is 3.34. The molecule has 0 aliphatic rings. The Morgan fingerprint density at radius 2 is 2.10 bits per heavy atom. The molecule has 0 radical (unpaired) electrons. The van der Waals surface area contributed by atoms with Gasteiger partial charge in [-0.25, -0.2) is 0 Å². The molecule has 2 aromatic rings. The molecule has 0 atom stereocenters. The number of hydrogen-bond acceptors (Lipinski definition) is 4. The summed E-state index contributed by atoms with van der Waals surface area (Å²) in [5.41, 5.74) is 7.44. The Balaban J connectivity index is 2.29. The summed E-state index contributed by atoms with van der Waals surface area (Å²) in [6.45, 7) is 8.07. The number of carbonyl (C=O) groups excluding carboxylic acids is 1. The highest BCUT2D eigenvalue weighted by Crippen LogP contribution is 2.18. The van der Waals surface area contributed by atoms with Crippen LogP contribution < -0.4 is 5.73 Å². The van der Waals surface area contributed by atoms with Crippen LogP contribution in [0.5, 0.6) is 0 Å². The molecule has 5 nitrogen and oxygen atoms in total. The summed E-state index contributed by atoms with van der Waals surface area (Å²) < 4.78 is 5.57. The highest BCUT2D eigenvalue weighted by molar-refractivity contribution is 5.96. The first-order valence-electron chi connectivity index (χ1n) is 6.97. The predicted octanol–water partition coefficient (Wildman–Crippen LogP) is 2.92. The van der Waals surface area contributed by atoms with Crippen LogP contribution in [0.25, 0.3) is 0 Å². The molecule has 0 unspecified atom stereocenters. The summed E-state index contributed by atoms with van der Waals surface area (Å²) in [6, 6.07) is 5.50. The van der Waals surface area contributed by atoms with Gasteiger partial charge in [0.25, 0.3) is 5.91 Å². The van der Waals surface area contributed by atoms with Gasteiger partial charge >= 0.3 is 0 Å². The second-order valence-corrected chi connectivity index (χ2v) is 5.44. The number of anilines is 1. The van der Waals surface area contributed by atoms with Crippen LogP contribution in [0.4, 0.5) is 5.69 Å². The lowest BCUT2D eigenvalue weighted by molar-refractivity contribution is 0.0674. The minimum absolute atomic E-state index is 0.0451. The van der Waals surface area contributed by atoms with Crippen molar-refractivity contribution >= 4 is 11.6 Å². The number of aryl methyl sites for hydroxylation is 2. The highest BCUT2D eigenvalue weighted by atomic mass is 16.3. The van der Waals surface area contributed by atoms with Gasteiger partial charge in [-0.15, -0.1) is 0 Å². The third kappa shape index (κ3) is 3.42. The SMILES string of the molecule is Cc1ccc(CN(C(=O)c2cc(N)cnc2C)C(C)C)o1. The Morgan fingerprint density at radius 3 is 2.67 bits per heavy atom. The Bertz CT molecular complexity index is 647. The average Bonchev–Trinajstić information content (AvgIpc) is 2.83. The molecule has 5 heteroatoms. The maximum absolute atomic E-state index is 12.8. The fraction of sp³-hybridized carbons (Fsp3) is 0.375. The molecule has 112 valence electrons. The van der Waals surface area contributed by atoms with E-state index in [0.29, 0.717) is 23.5 Å². The zero-order valence-corrected chi connectivity index (χ0v) is 12.9. The van der Waals surface area contributed by atoms with Gasteiger partial charge in [-0.3, -0.25) is 9.78 Å². The molecule has 2 N–H and O–H groups in total. The van der Waals surface area contributed by atoms with Crippen molar-refractivity contribution in [2.75, 3.05) is 5.73 Å². The molecule has 0 bridgehead atoms. The molecule has 2 rings (SSSR count). The number of amides is 1. The normalized spacial score (nSPS) is 10.9. The highest BCUT2D eigenvalue weighted by Gasteiger charge is 2.22. The van der Waals surface area contributed by atoms with Crippen LogP contribution in [0.1, 0.15) is 41.4 Å². The summed E-state index contributed by atoms with van der Waals surface area (Å²) in [7, 11) is 0. The summed E-state index contributed by atoms with van der Waals surface area (Å²) in [4.78, 5) is 18.7. The zero-order chi connectivity index (χ0) is 15.6. The molecule has 1 amide bonds. The van der Waals surface area contributed by atoms with Crippen molar-refractivity contribution in [2.24, 2.45) is 0 Å². The first kappa shape index (κ1) is 15.1. The van der Waals surface area contributed by atoms with E-state index in [2.05, 4.69) is 4.98 Å². The van der Waals surface area contributed by atoms with Crippen molar-refractivity contribution in [3.05, 3.63) is 47.2 Å². The molecule has 0 saturated carbocycles. The van der Waals surface area contributed by atoms with E-state index < -0.39 is 0 Å². The largest absolute Gasteiger partial charge is 0.464 e. The van der Waals surface area contributed by atoms with Gasteiger partial charge in [-0.2, -0.15) is 0 Å². The van der Waals surface area contributed by atoms with Crippen molar-refractivity contribution in [3.63, 3.8) is 0 Å². The van der Waals surface area contributed by atoms with Crippen molar-refractivity contribution in [2.45, 2.75) is 40.3 Å². The monoisotopic (exact) mass is 287 g/mol. The van der Waals surface area contributed by atoms with Crippen molar-refractivity contribution in [1.82, 2.24) is 9.88 Å². The van der Waals surface area contributed by atoms with E-state index >= 15 is 0 Å². The molecule has 2 aromatic heterocycles. The summed E-state index contributed by atoms with van der Waals surface area (Å²) in [6.07, 6.45) is 1.56. The summed E-state index contributed by atoms with van der Waals surface area (Å²) in [5.74, 6) is 1.52. The van der Waals surface area contributed by atoms with Crippen LogP contribution in [0.2, 0.25) is 0 Å². The fourth-order valence-corrected chi connectivity index (χ4v) is 2.15. The summed E-state index contributed by atoms with van der Waals surface area (Å²) >= 11 is 0. The van der Waals surface area contributed by atoms with E-state index in [1.807, 2.05) is 39.8 Å². The lowest BCUT2D eigenvalue weighted by Crippen LogP contribution is -2.36. The lowest BCUT2D eigenvalue weighted by Gasteiger charge is -2.26. The predicted molar refractivity (Wildman–Crippen MR) is 81.8 cm³/mol. The molecule has 21 heavy (non-hydrogen) atoms. The average molecular weight is 287 g/mol. The fourth-order valence-electron chi connectivity index (χ4n) is 2.15. The van der Waals surface area contributed by atoms with E-state index in [0.717, 1.165) is 11.5 Å². The smallest absolute Gasteiger partial charge is 0.256 e. The number of rotatable bonds is 4. The molecule has 0 aromatic carbocycles. The van der Waals surface area contributed by atoms with Crippen molar-refractivity contribution in [3.8, 4) is 0 Å². The van der Waals surface area contributed by atoms with Gasteiger partial charge in [0.15, 0.2) is 0 Å². The topological polar surface area (TPSA) is 72.4 Å². The summed E-state index contributed by atoms with van der Waals surface area (Å²) in [5, 5.41) is 0. The Kier molecular flexibility index (Phi) is 4.31. The maximum atomic E-state index is 12.8. The van der Waals surface area contributed by atoms with E-state index in [1.165, 1.54) is 0 Å². The van der Waals surface area contributed by atoms with Gasteiger partial charge < -0.3 is 15.1 Å². The Hall–Kier alpha value is -2.30. The number of pyridine rings is 1. The van der Waals surface area contributed by atoms with Gasteiger partial charge in [0.1, 0.15) is 11.5 Å². The Morgan fingerprint density at radius 1 is 1.38 bits per heavy atom. The molecule has 0 aliphatic heterocycles. The number of nitrogen functional groups attached to an aromatic ring is 1. The number of carbonyl (C=O) groups is 1. The van der Waals surface area contributed by atoms with Crippen LogP contribution in [0, 0.1) is 13.8 Å². The number of nitrogens with two attached hydrogens (primary N) is 1. The molecule has 0 aliphatic carbocycles. The van der Waals surface area contributed by atoms with Crippen molar-refractivity contribution in [1.29, 1.82) is 0 Å². The number of aromatic nitrogens is 1. The van der Waals surface area contributed by atoms with Crippen molar-refractivity contribution < 1.29 is 9.21 Å². The molecule has 2 heterocycles. The van der Waals surface area contributed by atoms with E-state index in [-0.39, 0.29) is 11.9 Å². The van der Waals surface area contributed by atoms with Crippen LogP contribution >= 0.6 is 0 Å². The number of furan rings is 1. The molecular formula is C16H21N3O2. The minimum atomic E-state index is -0.0867. The van der Waals surface area contributed by atoms with Crippen LogP contribution in [-0.2, 0) is 6.54 Å².